The Balaban J connectivity index is 2.10. The second-order valence-electron chi connectivity index (χ2n) is 4.33. The van der Waals surface area contributed by atoms with Gasteiger partial charge in [0.25, 0.3) is 0 Å². The highest BCUT2D eigenvalue weighted by atomic mass is 16.5. The van der Waals surface area contributed by atoms with E-state index in [0.29, 0.717) is 6.61 Å². The topological polar surface area (TPSA) is 27.7 Å². The molecule has 0 aliphatic rings. The van der Waals surface area contributed by atoms with E-state index < -0.39 is 0 Å². The summed E-state index contributed by atoms with van der Waals surface area (Å²) in [5.74, 6) is 2.18. The van der Waals surface area contributed by atoms with Gasteiger partial charge in [-0.05, 0) is 12.5 Å². The molecule has 0 aliphatic carbocycles. The van der Waals surface area contributed by atoms with Gasteiger partial charge in [-0.1, -0.05) is 29.8 Å². The monoisotopic (exact) mass is 258 g/mol. The minimum Gasteiger partial charge on any atom is -0.496 e. The average Bonchev–Trinajstić information content (AvgIpc) is 2.44. The number of hydrogen-bond donors (Lipinski definition) is 0. The van der Waals surface area contributed by atoms with E-state index in [2.05, 4.69) is 19.1 Å². The van der Waals surface area contributed by atoms with Crippen LogP contribution in [-0.2, 0) is 6.61 Å². The molecule has 0 unspecified atom stereocenters. The van der Waals surface area contributed by atoms with Crippen molar-refractivity contribution >= 4 is 0 Å². The van der Waals surface area contributed by atoms with Gasteiger partial charge in [0.2, 0.25) is 0 Å². The van der Waals surface area contributed by atoms with Crippen molar-refractivity contribution in [2.45, 2.75) is 13.5 Å². The van der Waals surface area contributed by atoms with E-state index in [9.17, 15) is 0 Å². The van der Waals surface area contributed by atoms with Crippen LogP contribution in [0, 0.1) is 6.92 Å². The van der Waals surface area contributed by atoms with E-state index in [1.54, 1.807) is 14.2 Å². The average molecular weight is 258 g/mol. The summed E-state index contributed by atoms with van der Waals surface area (Å²) < 4.78 is 16.2. The van der Waals surface area contributed by atoms with Crippen LogP contribution < -0.4 is 14.2 Å². The molecular formula is C16H18O3. The molecule has 19 heavy (non-hydrogen) atoms. The SMILES string of the molecule is COc1cc(OC)cc(OCc2cccc(C)c2)c1. The van der Waals surface area contributed by atoms with Gasteiger partial charge in [0.1, 0.15) is 23.9 Å². The lowest BCUT2D eigenvalue weighted by molar-refractivity contribution is 0.300. The molecule has 0 atom stereocenters. The first kappa shape index (κ1) is 13.3. The number of ether oxygens (including phenoxy) is 3. The van der Waals surface area contributed by atoms with Gasteiger partial charge >= 0.3 is 0 Å². The summed E-state index contributed by atoms with van der Waals surface area (Å²) >= 11 is 0. The van der Waals surface area contributed by atoms with Crippen molar-refractivity contribution < 1.29 is 14.2 Å². The summed E-state index contributed by atoms with van der Waals surface area (Å²) in [6.45, 7) is 2.59. The fraction of sp³-hybridized carbons (Fsp3) is 0.250. The molecule has 0 amide bonds. The van der Waals surface area contributed by atoms with E-state index in [0.717, 1.165) is 22.8 Å². The van der Waals surface area contributed by atoms with Gasteiger partial charge in [0, 0.05) is 18.2 Å². The van der Waals surface area contributed by atoms with Crippen molar-refractivity contribution in [3.63, 3.8) is 0 Å². The van der Waals surface area contributed by atoms with E-state index >= 15 is 0 Å². The lowest BCUT2D eigenvalue weighted by Crippen LogP contribution is -1.97. The number of aryl methyl sites for hydroxylation is 1. The molecule has 0 radical (unpaired) electrons. The Morgan fingerprint density at radius 3 is 2.05 bits per heavy atom. The Hall–Kier alpha value is -2.16. The molecule has 0 bridgehead atoms. The molecule has 0 saturated heterocycles. The molecule has 0 aliphatic heterocycles. The maximum Gasteiger partial charge on any atom is 0.127 e. The molecule has 0 saturated carbocycles. The van der Waals surface area contributed by atoms with Crippen LogP contribution in [0.3, 0.4) is 0 Å². The summed E-state index contributed by atoms with van der Waals surface area (Å²) in [5, 5.41) is 0. The lowest BCUT2D eigenvalue weighted by atomic mass is 10.1. The first-order chi connectivity index (χ1) is 9.21. The van der Waals surface area contributed by atoms with Gasteiger partial charge in [-0.2, -0.15) is 0 Å². The fourth-order valence-electron chi connectivity index (χ4n) is 1.83. The van der Waals surface area contributed by atoms with Gasteiger partial charge < -0.3 is 14.2 Å². The van der Waals surface area contributed by atoms with Crippen molar-refractivity contribution in [2.75, 3.05) is 14.2 Å². The van der Waals surface area contributed by atoms with Crippen molar-refractivity contribution in [1.29, 1.82) is 0 Å². The van der Waals surface area contributed by atoms with Crippen LogP contribution in [-0.4, -0.2) is 14.2 Å². The zero-order chi connectivity index (χ0) is 13.7. The molecule has 3 heteroatoms. The molecule has 0 spiro atoms. The van der Waals surface area contributed by atoms with Gasteiger partial charge in [-0.25, -0.2) is 0 Å². The van der Waals surface area contributed by atoms with E-state index in [1.165, 1.54) is 5.56 Å². The number of methoxy groups -OCH3 is 2. The van der Waals surface area contributed by atoms with Crippen LogP contribution in [0.4, 0.5) is 0 Å². The highest BCUT2D eigenvalue weighted by Gasteiger charge is 2.03. The largest absolute Gasteiger partial charge is 0.496 e. The third-order valence-electron chi connectivity index (χ3n) is 2.81. The van der Waals surface area contributed by atoms with Crippen LogP contribution in [0.15, 0.2) is 42.5 Å². The van der Waals surface area contributed by atoms with Gasteiger partial charge in [-0.15, -0.1) is 0 Å². The molecule has 3 nitrogen and oxygen atoms in total. The second kappa shape index (κ2) is 6.14. The van der Waals surface area contributed by atoms with Crippen LogP contribution >= 0.6 is 0 Å². The third-order valence-corrected chi connectivity index (χ3v) is 2.81. The Bertz CT molecular complexity index is 527. The Morgan fingerprint density at radius 2 is 1.47 bits per heavy atom. The minimum absolute atomic E-state index is 0.526. The number of rotatable bonds is 5. The molecule has 2 rings (SSSR count). The van der Waals surface area contributed by atoms with E-state index in [4.69, 9.17) is 14.2 Å². The Kier molecular flexibility index (Phi) is 4.29. The molecule has 0 heterocycles. The van der Waals surface area contributed by atoms with Crippen molar-refractivity contribution in [2.24, 2.45) is 0 Å². The number of benzene rings is 2. The summed E-state index contributed by atoms with van der Waals surface area (Å²) in [4.78, 5) is 0. The fourth-order valence-corrected chi connectivity index (χ4v) is 1.83. The third kappa shape index (κ3) is 3.65. The van der Waals surface area contributed by atoms with Crippen molar-refractivity contribution in [1.82, 2.24) is 0 Å². The van der Waals surface area contributed by atoms with Crippen molar-refractivity contribution in [3.05, 3.63) is 53.6 Å². The molecular weight excluding hydrogens is 240 g/mol. The standard InChI is InChI=1S/C16H18O3/c1-12-5-4-6-13(7-12)11-19-16-9-14(17-2)8-15(10-16)18-3/h4-10H,11H2,1-3H3. The van der Waals surface area contributed by atoms with E-state index in [-0.39, 0.29) is 0 Å². The minimum atomic E-state index is 0.526. The molecule has 2 aromatic rings. The van der Waals surface area contributed by atoms with Gasteiger partial charge in [-0.3, -0.25) is 0 Å². The zero-order valence-corrected chi connectivity index (χ0v) is 11.5. The van der Waals surface area contributed by atoms with Crippen LogP contribution in [0.25, 0.3) is 0 Å². The maximum atomic E-state index is 5.77. The molecule has 2 aromatic carbocycles. The predicted molar refractivity (Wildman–Crippen MR) is 75.1 cm³/mol. The highest BCUT2D eigenvalue weighted by molar-refractivity contribution is 5.42. The summed E-state index contributed by atoms with van der Waals surface area (Å²) in [6, 6.07) is 13.8. The summed E-state index contributed by atoms with van der Waals surface area (Å²) in [5.41, 5.74) is 2.37. The smallest absolute Gasteiger partial charge is 0.127 e. The second-order valence-corrected chi connectivity index (χ2v) is 4.33. The Morgan fingerprint density at radius 1 is 0.842 bits per heavy atom. The summed E-state index contributed by atoms with van der Waals surface area (Å²) in [7, 11) is 3.25. The molecule has 0 fully saturated rings. The van der Waals surface area contributed by atoms with Gasteiger partial charge in [0.15, 0.2) is 0 Å². The van der Waals surface area contributed by atoms with E-state index in [1.807, 2.05) is 30.3 Å². The van der Waals surface area contributed by atoms with Crippen LogP contribution in [0.1, 0.15) is 11.1 Å². The molecule has 100 valence electrons. The first-order valence-electron chi connectivity index (χ1n) is 6.12. The molecule has 0 N–H and O–H groups in total. The zero-order valence-electron chi connectivity index (χ0n) is 11.5. The van der Waals surface area contributed by atoms with Gasteiger partial charge in [0.05, 0.1) is 14.2 Å². The van der Waals surface area contributed by atoms with Crippen LogP contribution in [0.5, 0.6) is 17.2 Å². The molecule has 0 aromatic heterocycles. The normalized spacial score (nSPS) is 10.1. The maximum absolute atomic E-state index is 5.77. The highest BCUT2D eigenvalue weighted by Crippen LogP contribution is 2.27. The first-order valence-corrected chi connectivity index (χ1v) is 6.12. The predicted octanol–water partition coefficient (Wildman–Crippen LogP) is 3.59. The van der Waals surface area contributed by atoms with Crippen LogP contribution in [0.2, 0.25) is 0 Å². The lowest BCUT2D eigenvalue weighted by Gasteiger charge is -2.10. The Labute approximate surface area is 113 Å². The van der Waals surface area contributed by atoms with Crippen molar-refractivity contribution in [3.8, 4) is 17.2 Å². The summed E-state index contributed by atoms with van der Waals surface area (Å²) in [6.07, 6.45) is 0. The number of hydrogen-bond acceptors (Lipinski definition) is 3. The quantitative estimate of drug-likeness (QED) is 0.820.